The van der Waals surface area contributed by atoms with Gasteiger partial charge >= 0.3 is 5.97 Å². The van der Waals surface area contributed by atoms with E-state index in [1.807, 2.05) is 53.2 Å². The van der Waals surface area contributed by atoms with E-state index < -0.39 is 5.97 Å². The van der Waals surface area contributed by atoms with Crippen molar-refractivity contribution in [3.63, 3.8) is 0 Å². The van der Waals surface area contributed by atoms with Gasteiger partial charge in [0.05, 0.1) is 24.4 Å². The normalized spacial score (nSPS) is 10.9. The van der Waals surface area contributed by atoms with Gasteiger partial charge in [-0.3, -0.25) is 9.48 Å². The summed E-state index contributed by atoms with van der Waals surface area (Å²) < 4.78 is 8.05. The van der Waals surface area contributed by atoms with Crippen molar-refractivity contribution in [3.8, 4) is 28.3 Å². The molecule has 3 rings (SSSR count). The maximum absolute atomic E-state index is 11.2. The molecular formula is C25H29ClN2O3. The Morgan fingerprint density at radius 1 is 1.06 bits per heavy atom. The second kappa shape index (κ2) is 11.0. The quantitative estimate of drug-likeness (QED) is 0.347. The van der Waals surface area contributed by atoms with Gasteiger partial charge in [-0.15, -0.1) is 0 Å². The molecule has 5 nitrogen and oxygen atoms in total. The predicted octanol–water partition coefficient (Wildman–Crippen LogP) is 6.48. The van der Waals surface area contributed by atoms with Crippen LogP contribution in [0.15, 0.2) is 48.5 Å². The van der Waals surface area contributed by atoms with E-state index in [0.717, 1.165) is 66.1 Å². The number of benzene rings is 2. The lowest BCUT2D eigenvalue weighted by Crippen LogP contribution is -2.04. The fourth-order valence-electron chi connectivity index (χ4n) is 3.39. The van der Waals surface area contributed by atoms with Gasteiger partial charge in [-0.2, -0.15) is 5.10 Å². The Bertz CT molecular complexity index is 1010. The number of unbranched alkanes of at least 4 members (excludes halogenated alkanes) is 2. The minimum atomic E-state index is -0.860. The van der Waals surface area contributed by atoms with Crippen LogP contribution >= 0.6 is 11.6 Å². The van der Waals surface area contributed by atoms with Gasteiger partial charge in [0.1, 0.15) is 5.75 Å². The molecule has 0 unspecified atom stereocenters. The molecule has 3 aromatic rings. The molecule has 2 aromatic carbocycles. The zero-order valence-electron chi connectivity index (χ0n) is 18.1. The van der Waals surface area contributed by atoms with Crippen molar-refractivity contribution in [2.24, 2.45) is 0 Å². The Morgan fingerprint density at radius 3 is 2.48 bits per heavy atom. The van der Waals surface area contributed by atoms with Gasteiger partial charge < -0.3 is 9.84 Å². The van der Waals surface area contributed by atoms with Crippen LogP contribution in [0.3, 0.4) is 0 Å². The monoisotopic (exact) mass is 440 g/mol. The molecule has 1 heterocycles. The summed E-state index contributed by atoms with van der Waals surface area (Å²) in [4.78, 5) is 11.2. The first-order valence-electron chi connectivity index (χ1n) is 10.8. The lowest BCUT2D eigenvalue weighted by Gasteiger charge is -2.11. The summed E-state index contributed by atoms with van der Waals surface area (Å²) >= 11 is 6.08. The second-order valence-electron chi connectivity index (χ2n) is 7.60. The van der Waals surface area contributed by atoms with E-state index in [4.69, 9.17) is 21.4 Å². The fraction of sp³-hybridized carbons (Fsp3) is 0.360. The van der Waals surface area contributed by atoms with Gasteiger partial charge in [-0.25, -0.2) is 0 Å². The van der Waals surface area contributed by atoms with Gasteiger partial charge in [0.25, 0.3) is 0 Å². The molecule has 31 heavy (non-hydrogen) atoms. The number of ether oxygens (including phenoxy) is 1. The van der Waals surface area contributed by atoms with E-state index in [0.29, 0.717) is 11.6 Å². The van der Waals surface area contributed by atoms with Crippen LogP contribution in [0, 0.1) is 0 Å². The summed E-state index contributed by atoms with van der Waals surface area (Å²) in [5.41, 5.74) is 4.36. The molecule has 0 bridgehead atoms. The Hall–Kier alpha value is -2.79. The molecule has 164 valence electrons. The number of hydrogen-bond donors (Lipinski definition) is 1. The summed E-state index contributed by atoms with van der Waals surface area (Å²) in [6, 6.07) is 15.3. The van der Waals surface area contributed by atoms with E-state index >= 15 is 0 Å². The van der Waals surface area contributed by atoms with Crippen LogP contribution in [0.1, 0.15) is 45.1 Å². The average Bonchev–Trinajstić information content (AvgIpc) is 3.17. The van der Waals surface area contributed by atoms with E-state index in [1.165, 1.54) is 0 Å². The van der Waals surface area contributed by atoms with Crippen LogP contribution < -0.4 is 4.74 Å². The molecule has 0 saturated carbocycles. The summed E-state index contributed by atoms with van der Waals surface area (Å²) in [5, 5.41) is 14.8. The van der Waals surface area contributed by atoms with Gasteiger partial charge in [-0.1, -0.05) is 56.5 Å². The predicted molar refractivity (Wildman–Crippen MR) is 125 cm³/mol. The van der Waals surface area contributed by atoms with Crippen molar-refractivity contribution < 1.29 is 14.6 Å². The molecule has 0 amide bonds. The van der Waals surface area contributed by atoms with Gasteiger partial charge in [0, 0.05) is 17.1 Å². The molecule has 0 spiro atoms. The lowest BCUT2D eigenvalue weighted by molar-refractivity contribution is -0.136. The van der Waals surface area contributed by atoms with Gasteiger partial charge in [0.2, 0.25) is 0 Å². The largest absolute Gasteiger partial charge is 0.493 e. The number of aliphatic carboxylic acids is 1. The topological polar surface area (TPSA) is 64.3 Å². The smallest absolute Gasteiger partial charge is 0.307 e. The van der Waals surface area contributed by atoms with E-state index in [9.17, 15) is 9.90 Å². The summed E-state index contributed by atoms with van der Waals surface area (Å²) in [5.74, 6) is -0.133. The maximum Gasteiger partial charge on any atom is 0.307 e. The number of carboxylic acids is 1. The van der Waals surface area contributed by atoms with Crippen LogP contribution in [0.2, 0.25) is 5.02 Å². The third kappa shape index (κ3) is 6.11. The van der Waals surface area contributed by atoms with Crippen LogP contribution in [-0.2, 0) is 17.8 Å². The lowest BCUT2D eigenvalue weighted by atomic mass is 10.0. The summed E-state index contributed by atoms with van der Waals surface area (Å²) in [6.07, 6.45) is 4.04. The Labute approximate surface area is 188 Å². The zero-order valence-corrected chi connectivity index (χ0v) is 18.9. The highest BCUT2D eigenvalue weighted by molar-refractivity contribution is 6.30. The third-order valence-corrected chi connectivity index (χ3v) is 5.33. The number of aromatic nitrogens is 2. The number of hydrogen-bond acceptors (Lipinski definition) is 3. The van der Waals surface area contributed by atoms with Crippen LogP contribution in [0.4, 0.5) is 0 Å². The van der Waals surface area contributed by atoms with E-state index in [2.05, 4.69) is 13.8 Å². The molecule has 0 fully saturated rings. The first-order valence-corrected chi connectivity index (χ1v) is 11.2. The molecule has 0 atom stereocenters. The Balaban J connectivity index is 2.06. The third-order valence-electron chi connectivity index (χ3n) is 5.07. The minimum Gasteiger partial charge on any atom is -0.493 e. The second-order valence-corrected chi connectivity index (χ2v) is 8.04. The van der Waals surface area contributed by atoms with Crippen molar-refractivity contribution >= 4 is 17.6 Å². The average molecular weight is 441 g/mol. The van der Waals surface area contributed by atoms with Crippen molar-refractivity contribution in [1.29, 1.82) is 0 Å². The van der Waals surface area contributed by atoms with E-state index in [1.54, 1.807) is 0 Å². The zero-order chi connectivity index (χ0) is 22.2. The molecule has 0 aliphatic rings. The van der Waals surface area contributed by atoms with E-state index in [-0.39, 0.29) is 6.42 Å². The molecule has 0 aliphatic heterocycles. The molecule has 6 heteroatoms. The van der Waals surface area contributed by atoms with Gasteiger partial charge in [-0.05, 0) is 54.3 Å². The number of aryl methyl sites for hydroxylation is 1. The minimum absolute atomic E-state index is 0.0389. The van der Waals surface area contributed by atoms with Crippen molar-refractivity contribution in [3.05, 3.63) is 59.1 Å². The summed E-state index contributed by atoms with van der Waals surface area (Å²) in [7, 11) is 0. The van der Waals surface area contributed by atoms with Crippen LogP contribution in [0.25, 0.3) is 22.5 Å². The highest BCUT2D eigenvalue weighted by Gasteiger charge is 2.16. The number of rotatable bonds is 11. The van der Waals surface area contributed by atoms with Gasteiger partial charge in [0.15, 0.2) is 0 Å². The maximum atomic E-state index is 11.2. The molecule has 0 radical (unpaired) electrons. The first-order chi connectivity index (χ1) is 15.0. The van der Waals surface area contributed by atoms with Crippen LogP contribution in [-0.4, -0.2) is 27.5 Å². The summed E-state index contributed by atoms with van der Waals surface area (Å²) in [6.45, 7) is 5.69. The molecule has 1 N–H and O–H groups in total. The highest BCUT2D eigenvalue weighted by atomic mass is 35.5. The number of carboxylic acid groups (broad SMARTS) is 1. The van der Waals surface area contributed by atoms with Crippen LogP contribution in [0.5, 0.6) is 5.75 Å². The van der Waals surface area contributed by atoms with Crippen molar-refractivity contribution in [2.75, 3.05) is 6.61 Å². The van der Waals surface area contributed by atoms with Crippen molar-refractivity contribution in [1.82, 2.24) is 9.78 Å². The number of carbonyl (C=O) groups is 1. The SMILES string of the molecule is CCCCOc1ccc(CC(=O)O)cc1-c1cc(-c2ccc(Cl)cc2)n(CCCC)n1. The molecular weight excluding hydrogens is 412 g/mol. The standard InChI is InChI=1S/C25H29ClN2O3/c1-3-5-13-28-23(19-8-10-20(26)11-9-19)17-22(27-28)21-15-18(16-25(29)30)7-12-24(21)31-14-6-4-2/h7-12,15,17H,3-6,13-14,16H2,1-2H3,(H,29,30). The number of nitrogens with zero attached hydrogens (tertiary/aromatic N) is 2. The Kier molecular flexibility index (Phi) is 8.13. The fourth-order valence-corrected chi connectivity index (χ4v) is 3.52. The Morgan fingerprint density at radius 2 is 1.81 bits per heavy atom. The number of halogens is 1. The molecule has 0 aliphatic carbocycles. The molecule has 1 aromatic heterocycles. The van der Waals surface area contributed by atoms with Crippen molar-refractivity contribution in [2.45, 2.75) is 52.5 Å². The molecule has 0 saturated heterocycles. The first kappa shape index (κ1) is 22.9. The highest BCUT2D eigenvalue weighted by Crippen LogP contribution is 2.34.